The minimum absolute atomic E-state index is 0.246. The summed E-state index contributed by atoms with van der Waals surface area (Å²) in [5, 5.41) is 21.7. The molecule has 2 aromatic carbocycles. The van der Waals surface area contributed by atoms with E-state index in [-0.39, 0.29) is 6.61 Å². The van der Waals surface area contributed by atoms with Crippen LogP contribution in [0.4, 0.5) is 11.4 Å². The minimum atomic E-state index is -1.75. The average molecular weight is 335 g/mol. The van der Waals surface area contributed by atoms with E-state index in [1.165, 1.54) is 6.92 Å². The number of carbonyl (C=O) groups is 1. The summed E-state index contributed by atoms with van der Waals surface area (Å²) in [7, 11) is 0. The second-order valence-electron chi connectivity index (χ2n) is 5.77. The summed E-state index contributed by atoms with van der Waals surface area (Å²) in [6.45, 7) is 9.90. The molecule has 0 saturated carbocycles. The van der Waals surface area contributed by atoms with E-state index in [1.807, 2.05) is 6.07 Å². The molecule has 0 radical (unpaired) electrons. The van der Waals surface area contributed by atoms with Gasteiger partial charge in [-0.15, -0.1) is 0 Å². The standard InChI is InChI=1S/C19H17N3O3/c1-13-10-15(6-9-17(13)21-3)22-18(23)19(2,24)12-25-16-7-4-14(11-20)5-8-16/h4-10,24H,12H2,1-2H3,(H,22,23)/t19-/m1/s1. The van der Waals surface area contributed by atoms with Gasteiger partial charge < -0.3 is 15.2 Å². The molecule has 6 heteroatoms. The number of carbonyl (C=O) groups excluding carboxylic acids is 1. The van der Waals surface area contributed by atoms with Crippen LogP contribution in [0, 0.1) is 24.8 Å². The van der Waals surface area contributed by atoms with Crippen LogP contribution in [-0.2, 0) is 4.79 Å². The van der Waals surface area contributed by atoms with Gasteiger partial charge in [0.2, 0.25) is 0 Å². The summed E-state index contributed by atoms with van der Waals surface area (Å²) in [5.41, 5.74) is 0.485. The van der Waals surface area contributed by atoms with Crippen molar-refractivity contribution in [3.05, 3.63) is 65.0 Å². The lowest BCUT2D eigenvalue weighted by Gasteiger charge is -2.22. The van der Waals surface area contributed by atoms with Crippen LogP contribution >= 0.6 is 0 Å². The van der Waals surface area contributed by atoms with E-state index in [1.54, 1.807) is 49.4 Å². The lowest BCUT2D eigenvalue weighted by Crippen LogP contribution is -2.45. The van der Waals surface area contributed by atoms with Gasteiger partial charge in [-0.1, -0.05) is 6.07 Å². The van der Waals surface area contributed by atoms with Crippen molar-refractivity contribution in [1.29, 1.82) is 5.26 Å². The van der Waals surface area contributed by atoms with Gasteiger partial charge in [-0.3, -0.25) is 4.79 Å². The van der Waals surface area contributed by atoms with Gasteiger partial charge in [-0.2, -0.15) is 5.26 Å². The van der Waals surface area contributed by atoms with Crippen molar-refractivity contribution in [2.45, 2.75) is 19.4 Å². The third kappa shape index (κ3) is 4.57. The van der Waals surface area contributed by atoms with E-state index < -0.39 is 11.5 Å². The van der Waals surface area contributed by atoms with Gasteiger partial charge in [0.25, 0.3) is 5.91 Å². The van der Waals surface area contributed by atoms with Gasteiger partial charge >= 0.3 is 0 Å². The second kappa shape index (κ2) is 7.48. The number of nitrogens with zero attached hydrogens (tertiary/aromatic N) is 2. The van der Waals surface area contributed by atoms with Crippen LogP contribution in [0.25, 0.3) is 4.85 Å². The van der Waals surface area contributed by atoms with Crippen molar-refractivity contribution in [3.63, 3.8) is 0 Å². The van der Waals surface area contributed by atoms with E-state index in [0.29, 0.717) is 22.7 Å². The molecule has 0 spiro atoms. The number of hydrogen-bond donors (Lipinski definition) is 2. The maximum atomic E-state index is 12.3. The number of benzene rings is 2. The quantitative estimate of drug-likeness (QED) is 0.822. The Morgan fingerprint density at radius 1 is 1.36 bits per heavy atom. The molecule has 6 nitrogen and oxygen atoms in total. The number of hydrogen-bond acceptors (Lipinski definition) is 4. The molecule has 0 unspecified atom stereocenters. The van der Waals surface area contributed by atoms with E-state index in [2.05, 4.69) is 10.2 Å². The maximum absolute atomic E-state index is 12.3. The normalized spacial score (nSPS) is 12.4. The molecular formula is C19H17N3O3. The summed E-state index contributed by atoms with van der Waals surface area (Å²) in [4.78, 5) is 15.6. The average Bonchev–Trinajstić information content (AvgIpc) is 2.60. The molecule has 0 fully saturated rings. The van der Waals surface area contributed by atoms with Gasteiger partial charge in [0.05, 0.1) is 18.2 Å². The van der Waals surface area contributed by atoms with Crippen LogP contribution < -0.4 is 10.1 Å². The fourth-order valence-corrected chi connectivity index (χ4v) is 2.04. The number of nitriles is 1. The third-order valence-corrected chi connectivity index (χ3v) is 3.57. The molecule has 0 aromatic heterocycles. The molecule has 0 aliphatic heterocycles. The number of nitrogens with one attached hydrogen (secondary N) is 1. The zero-order valence-electron chi connectivity index (χ0n) is 13.9. The Hall–Kier alpha value is -3.35. The number of anilines is 1. The molecule has 0 aliphatic carbocycles. The smallest absolute Gasteiger partial charge is 0.259 e. The molecule has 2 aromatic rings. The van der Waals surface area contributed by atoms with Gasteiger partial charge in [-0.05, 0) is 55.8 Å². The largest absolute Gasteiger partial charge is 0.490 e. The highest BCUT2D eigenvalue weighted by Gasteiger charge is 2.31. The van der Waals surface area contributed by atoms with Crippen molar-refractivity contribution < 1.29 is 14.6 Å². The Balaban J connectivity index is 2.00. The van der Waals surface area contributed by atoms with Gasteiger partial charge in [0.1, 0.15) is 12.4 Å². The molecule has 0 heterocycles. The van der Waals surface area contributed by atoms with Gasteiger partial charge in [-0.25, -0.2) is 4.85 Å². The highest BCUT2D eigenvalue weighted by molar-refractivity contribution is 5.97. The van der Waals surface area contributed by atoms with Gasteiger partial charge in [0, 0.05) is 5.69 Å². The number of ether oxygens (including phenoxy) is 1. The molecule has 126 valence electrons. The molecule has 1 atom stereocenters. The summed E-state index contributed by atoms with van der Waals surface area (Å²) in [6.07, 6.45) is 0. The van der Waals surface area contributed by atoms with Crippen LogP contribution in [0.5, 0.6) is 5.75 Å². The SMILES string of the molecule is [C-]#[N+]c1ccc(NC(=O)[C@](C)(O)COc2ccc(C#N)cc2)cc1C. The summed E-state index contributed by atoms with van der Waals surface area (Å²) >= 11 is 0. The highest BCUT2D eigenvalue weighted by atomic mass is 16.5. The van der Waals surface area contributed by atoms with E-state index in [4.69, 9.17) is 16.6 Å². The minimum Gasteiger partial charge on any atom is -0.490 e. The number of rotatable bonds is 5. The predicted octanol–water partition coefficient (Wildman–Crippen LogP) is 3.19. The van der Waals surface area contributed by atoms with Crippen molar-refractivity contribution >= 4 is 17.3 Å². The first-order valence-electron chi connectivity index (χ1n) is 7.50. The monoisotopic (exact) mass is 335 g/mol. The fourth-order valence-electron chi connectivity index (χ4n) is 2.04. The summed E-state index contributed by atoms with van der Waals surface area (Å²) < 4.78 is 5.43. The Morgan fingerprint density at radius 2 is 2.04 bits per heavy atom. The van der Waals surface area contributed by atoms with Crippen LogP contribution in [-0.4, -0.2) is 23.2 Å². The molecule has 1 amide bonds. The van der Waals surface area contributed by atoms with E-state index in [0.717, 1.165) is 5.56 Å². The van der Waals surface area contributed by atoms with Crippen molar-refractivity contribution in [2.24, 2.45) is 0 Å². The first-order valence-corrected chi connectivity index (χ1v) is 7.50. The summed E-state index contributed by atoms with van der Waals surface area (Å²) in [6, 6.07) is 13.3. The van der Waals surface area contributed by atoms with Crippen molar-refractivity contribution in [1.82, 2.24) is 0 Å². The number of aryl methyl sites for hydroxylation is 1. The van der Waals surface area contributed by atoms with Crippen LogP contribution in [0.2, 0.25) is 0 Å². The van der Waals surface area contributed by atoms with E-state index >= 15 is 0 Å². The Bertz CT molecular complexity index is 859. The molecule has 0 aliphatic rings. The Morgan fingerprint density at radius 3 is 2.60 bits per heavy atom. The molecule has 2 N–H and O–H groups in total. The third-order valence-electron chi connectivity index (χ3n) is 3.57. The first-order chi connectivity index (χ1) is 11.9. The second-order valence-corrected chi connectivity index (χ2v) is 5.77. The number of aliphatic hydroxyl groups is 1. The lowest BCUT2D eigenvalue weighted by atomic mass is 10.1. The summed E-state index contributed by atoms with van der Waals surface area (Å²) in [5.74, 6) is -0.166. The molecular weight excluding hydrogens is 318 g/mol. The van der Waals surface area contributed by atoms with Crippen molar-refractivity contribution in [3.8, 4) is 11.8 Å². The van der Waals surface area contributed by atoms with Crippen LogP contribution in [0.3, 0.4) is 0 Å². The molecule has 2 rings (SSSR count). The first kappa shape index (κ1) is 18.0. The fraction of sp³-hybridized carbons (Fsp3) is 0.211. The molecule has 25 heavy (non-hydrogen) atoms. The zero-order chi connectivity index (χ0) is 18.4. The highest BCUT2D eigenvalue weighted by Crippen LogP contribution is 2.23. The lowest BCUT2D eigenvalue weighted by molar-refractivity contribution is -0.135. The zero-order valence-corrected chi connectivity index (χ0v) is 13.9. The van der Waals surface area contributed by atoms with Crippen LogP contribution in [0.15, 0.2) is 42.5 Å². The molecule has 0 bridgehead atoms. The topological polar surface area (TPSA) is 86.7 Å². The van der Waals surface area contributed by atoms with Gasteiger partial charge in [0.15, 0.2) is 11.3 Å². The predicted molar refractivity (Wildman–Crippen MR) is 93.3 cm³/mol. The Kier molecular flexibility index (Phi) is 5.38. The molecule has 0 saturated heterocycles. The van der Waals surface area contributed by atoms with Crippen LogP contribution in [0.1, 0.15) is 18.1 Å². The Labute approximate surface area is 146 Å². The maximum Gasteiger partial charge on any atom is 0.259 e. The number of amides is 1. The van der Waals surface area contributed by atoms with Crippen molar-refractivity contribution in [2.75, 3.05) is 11.9 Å². The van der Waals surface area contributed by atoms with E-state index in [9.17, 15) is 9.90 Å².